The van der Waals surface area contributed by atoms with Gasteiger partial charge in [0.25, 0.3) is 12.0 Å². The second-order valence-corrected chi connectivity index (χ2v) is 10.3. The highest BCUT2D eigenvalue weighted by Gasteiger charge is 2.33. The molecule has 2 aromatic rings. The first-order chi connectivity index (χ1) is 16.0. The maximum absolute atomic E-state index is 14.8. The molecule has 6 nitrogen and oxygen atoms in total. The first kappa shape index (κ1) is 24.3. The minimum absolute atomic E-state index is 0.176. The largest absolute Gasteiger partial charge is 0.463 e. The summed E-state index contributed by atoms with van der Waals surface area (Å²) in [6.07, 6.45) is 2.97. The zero-order valence-electron chi connectivity index (χ0n) is 20.6. The van der Waals surface area contributed by atoms with E-state index in [2.05, 4.69) is 13.8 Å². The van der Waals surface area contributed by atoms with Gasteiger partial charge in [-0.05, 0) is 68.4 Å². The molecule has 34 heavy (non-hydrogen) atoms. The third kappa shape index (κ3) is 4.00. The van der Waals surface area contributed by atoms with Crippen LogP contribution < -0.4 is 16.1 Å². The van der Waals surface area contributed by atoms with E-state index in [1.807, 2.05) is 13.8 Å². The standard InChI is InChI=1S/C27H33FN2O4/c1-6-27(5,33)21-10-17-12-29-23-11-22(28)16(2)18-8-7-9-20(24(18)23)26(3,4)14-30(17)25(32)19(21)13-34-15-31/h10-11,15,33H,6-9,12-14H2,1-5H3/t27-/m0/s1. The average Bonchev–Trinajstić information content (AvgIpc) is 2.84. The van der Waals surface area contributed by atoms with Crippen LogP contribution in [-0.4, -0.2) is 16.1 Å². The second-order valence-electron chi connectivity index (χ2n) is 10.3. The molecule has 0 amide bonds. The molecule has 1 atom stereocenters. The fourth-order valence-electron chi connectivity index (χ4n) is 5.43. The van der Waals surface area contributed by atoms with Gasteiger partial charge in [0.05, 0.1) is 23.1 Å². The Labute approximate surface area is 198 Å². The van der Waals surface area contributed by atoms with Crippen molar-refractivity contribution >= 4 is 12.0 Å². The normalized spacial score (nSPS) is 18.4. The lowest BCUT2D eigenvalue weighted by molar-refractivity contribution is -0.129. The van der Waals surface area contributed by atoms with Gasteiger partial charge in [-0.2, -0.15) is 0 Å². The molecule has 7 heteroatoms. The lowest BCUT2D eigenvalue weighted by Crippen LogP contribution is -2.41. The van der Waals surface area contributed by atoms with Crippen LogP contribution in [0.2, 0.25) is 0 Å². The van der Waals surface area contributed by atoms with E-state index in [-0.39, 0.29) is 30.1 Å². The van der Waals surface area contributed by atoms with E-state index in [0.717, 1.165) is 30.0 Å². The van der Waals surface area contributed by atoms with E-state index in [1.165, 1.54) is 11.6 Å². The van der Waals surface area contributed by atoms with Crippen LogP contribution in [0.25, 0.3) is 5.57 Å². The van der Waals surface area contributed by atoms with Gasteiger partial charge >= 0.3 is 0 Å². The molecule has 1 aliphatic carbocycles. The number of fused-ring (bicyclic) bond motifs is 1. The highest BCUT2D eigenvalue weighted by atomic mass is 19.1. The van der Waals surface area contributed by atoms with Crippen LogP contribution in [0.3, 0.4) is 0 Å². The minimum Gasteiger partial charge on any atom is -0.463 e. The zero-order valence-corrected chi connectivity index (χ0v) is 20.6. The Hall–Kier alpha value is -2.80. The third-order valence-corrected chi connectivity index (χ3v) is 7.62. The molecule has 1 aromatic heterocycles. The van der Waals surface area contributed by atoms with Gasteiger partial charge in [0.1, 0.15) is 12.4 Å². The Bertz CT molecular complexity index is 1340. The maximum atomic E-state index is 14.8. The Balaban J connectivity index is 2.05. The van der Waals surface area contributed by atoms with Crippen LogP contribution >= 0.6 is 0 Å². The highest BCUT2D eigenvalue weighted by molar-refractivity contribution is 5.56. The molecule has 0 spiro atoms. The topological polar surface area (TPSA) is 80.9 Å². The van der Waals surface area contributed by atoms with Crippen molar-refractivity contribution in [3.05, 3.63) is 66.8 Å². The predicted molar refractivity (Wildman–Crippen MR) is 127 cm³/mol. The van der Waals surface area contributed by atoms with Gasteiger partial charge in [-0.3, -0.25) is 14.6 Å². The molecule has 2 aliphatic rings. The number of benzene rings is 1. The van der Waals surface area contributed by atoms with Gasteiger partial charge in [-0.1, -0.05) is 26.3 Å². The fourth-order valence-corrected chi connectivity index (χ4v) is 5.43. The summed E-state index contributed by atoms with van der Waals surface area (Å²) in [6.45, 7) is 10.2. The Morgan fingerprint density at radius 1 is 1.32 bits per heavy atom. The lowest BCUT2D eigenvalue weighted by atomic mass is 9.75. The van der Waals surface area contributed by atoms with E-state index in [0.29, 0.717) is 41.6 Å². The highest BCUT2D eigenvalue weighted by Crippen LogP contribution is 2.36. The summed E-state index contributed by atoms with van der Waals surface area (Å²) in [5.41, 5.74) is 2.25. The lowest BCUT2D eigenvalue weighted by Gasteiger charge is -2.33. The quantitative estimate of drug-likeness (QED) is 0.685. The van der Waals surface area contributed by atoms with Crippen molar-refractivity contribution in [1.82, 2.24) is 4.57 Å². The SMILES string of the molecule is CC[C@](C)(O)c1cc2n(c(=O)c1COC=O)CC(C)(C)C1=c3c(c(C)c(F)cc3=NC2)CCC1. The van der Waals surface area contributed by atoms with Crippen LogP contribution in [0, 0.1) is 18.2 Å². The maximum Gasteiger partial charge on any atom is 0.293 e. The molecule has 0 saturated carbocycles. The van der Waals surface area contributed by atoms with E-state index in [4.69, 9.17) is 9.73 Å². The number of ether oxygens (including phenoxy) is 1. The van der Waals surface area contributed by atoms with Crippen LogP contribution in [0.4, 0.5) is 4.39 Å². The molecule has 1 N–H and O–H groups in total. The van der Waals surface area contributed by atoms with Gasteiger partial charge in [0.2, 0.25) is 0 Å². The number of aromatic nitrogens is 1. The molecular weight excluding hydrogens is 435 g/mol. The summed E-state index contributed by atoms with van der Waals surface area (Å²) in [5.74, 6) is -0.260. The number of rotatable bonds is 5. The number of hydrogen-bond acceptors (Lipinski definition) is 5. The number of carbonyl (C=O) groups excluding carboxylic acids is 1. The number of hydrogen-bond donors (Lipinski definition) is 1. The van der Waals surface area contributed by atoms with Crippen molar-refractivity contribution in [2.45, 2.75) is 85.6 Å². The summed E-state index contributed by atoms with van der Waals surface area (Å²) in [5, 5.41) is 12.7. The van der Waals surface area contributed by atoms with Crippen molar-refractivity contribution in [3.8, 4) is 0 Å². The molecule has 0 fully saturated rings. The van der Waals surface area contributed by atoms with Crippen molar-refractivity contribution in [3.63, 3.8) is 0 Å². The molecule has 4 rings (SSSR count). The third-order valence-electron chi connectivity index (χ3n) is 7.62. The average molecular weight is 469 g/mol. The predicted octanol–water partition coefficient (Wildman–Crippen LogP) is 2.93. The van der Waals surface area contributed by atoms with Crippen LogP contribution in [0.5, 0.6) is 0 Å². The van der Waals surface area contributed by atoms with Gasteiger partial charge in [0, 0.05) is 22.9 Å². The van der Waals surface area contributed by atoms with Crippen molar-refractivity contribution in [1.29, 1.82) is 0 Å². The molecule has 0 bridgehead atoms. The van der Waals surface area contributed by atoms with Gasteiger partial charge in [-0.15, -0.1) is 0 Å². The molecule has 2 heterocycles. The van der Waals surface area contributed by atoms with Gasteiger partial charge < -0.3 is 14.4 Å². The van der Waals surface area contributed by atoms with Crippen molar-refractivity contribution in [2.75, 3.05) is 0 Å². The van der Waals surface area contributed by atoms with Gasteiger partial charge in [-0.25, -0.2) is 4.39 Å². The Morgan fingerprint density at radius 3 is 2.74 bits per heavy atom. The van der Waals surface area contributed by atoms with E-state index in [9.17, 15) is 19.1 Å². The summed E-state index contributed by atoms with van der Waals surface area (Å²) < 4.78 is 21.5. The summed E-state index contributed by atoms with van der Waals surface area (Å²) in [4.78, 5) is 29.5. The number of aliphatic hydroxyl groups is 1. The van der Waals surface area contributed by atoms with Crippen molar-refractivity contribution < 1.29 is 19.0 Å². The first-order valence-corrected chi connectivity index (χ1v) is 11.9. The van der Waals surface area contributed by atoms with Gasteiger partial charge in [0.15, 0.2) is 0 Å². The molecule has 182 valence electrons. The first-order valence-electron chi connectivity index (χ1n) is 11.9. The number of carbonyl (C=O) groups is 1. The van der Waals surface area contributed by atoms with E-state index >= 15 is 0 Å². The van der Waals surface area contributed by atoms with Crippen LogP contribution in [0.15, 0.2) is 21.9 Å². The fraction of sp³-hybridized carbons (Fsp3) is 0.519. The Morgan fingerprint density at radius 2 is 2.06 bits per heavy atom. The molecule has 1 aromatic carbocycles. The molecule has 0 radical (unpaired) electrons. The smallest absolute Gasteiger partial charge is 0.293 e. The number of nitrogens with zero attached hydrogens (tertiary/aromatic N) is 2. The summed E-state index contributed by atoms with van der Waals surface area (Å²) in [7, 11) is 0. The zero-order chi connectivity index (χ0) is 24.8. The van der Waals surface area contributed by atoms with E-state index in [1.54, 1.807) is 17.6 Å². The molecule has 0 saturated heterocycles. The van der Waals surface area contributed by atoms with Crippen LogP contribution in [0.1, 0.15) is 74.9 Å². The minimum atomic E-state index is -1.28. The number of halogens is 1. The van der Waals surface area contributed by atoms with Crippen LogP contribution in [-0.2, 0) is 41.2 Å². The van der Waals surface area contributed by atoms with Crippen molar-refractivity contribution in [2.24, 2.45) is 10.4 Å². The summed E-state index contributed by atoms with van der Waals surface area (Å²) >= 11 is 0. The summed E-state index contributed by atoms with van der Waals surface area (Å²) in [6, 6.07) is 3.31. The Kier molecular flexibility index (Phi) is 6.27. The number of pyridine rings is 1. The second kappa shape index (κ2) is 8.77. The van der Waals surface area contributed by atoms with E-state index < -0.39 is 11.0 Å². The molecule has 0 unspecified atom stereocenters. The molecular formula is C27H33FN2O4. The molecule has 1 aliphatic heterocycles. The monoisotopic (exact) mass is 468 g/mol.